The molecule has 1 aliphatic carbocycles. The van der Waals surface area contributed by atoms with Crippen LogP contribution in [0.25, 0.3) is 11.0 Å². The Morgan fingerprint density at radius 3 is 3.00 bits per heavy atom. The Morgan fingerprint density at radius 2 is 2.17 bits per heavy atom. The molecule has 18 heavy (non-hydrogen) atoms. The van der Waals surface area contributed by atoms with Gasteiger partial charge in [-0.15, -0.1) is 0 Å². The van der Waals surface area contributed by atoms with Crippen molar-refractivity contribution in [2.24, 2.45) is 0 Å². The fourth-order valence-corrected chi connectivity index (χ4v) is 2.93. The van der Waals surface area contributed by atoms with Crippen molar-refractivity contribution in [2.45, 2.75) is 38.3 Å². The lowest BCUT2D eigenvalue weighted by Crippen LogP contribution is -2.12. The number of rotatable bonds is 4. The van der Waals surface area contributed by atoms with Crippen LogP contribution >= 0.6 is 15.9 Å². The SMILES string of the molecule is Brc1ccc2ncn(CCOC3CCCC3)c2c1. The molecule has 0 bridgehead atoms. The van der Waals surface area contributed by atoms with Gasteiger partial charge in [0.2, 0.25) is 0 Å². The number of hydrogen-bond donors (Lipinski definition) is 0. The lowest BCUT2D eigenvalue weighted by atomic mass is 10.3. The molecular weight excluding hydrogens is 292 g/mol. The van der Waals surface area contributed by atoms with E-state index in [4.69, 9.17) is 4.74 Å². The summed E-state index contributed by atoms with van der Waals surface area (Å²) < 4.78 is 9.15. The van der Waals surface area contributed by atoms with Crippen molar-refractivity contribution in [2.75, 3.05) is 6.61 Å². The van der Waals surface area contributed by atoms with Gasteiger partial charge in [-0.25, -0.2) is 4.98 Å². The minimum absolute atomic E-state index is 0.492. The van der Waals surface area contributed by atoms with Crippen molar-refractivity contribution in [3.05, 3.63) is 29.0 Å². The maximum Gasteiger partial charge on any atom is 0.0959 e. The maximum absolute atomic E-state index is 5.90. The van der Waals surface area contributed by atoms with E-state index in [1.54, 1.807) is 0 Å². The molecule has 1 saturated carbocycles. The molecule has 1 heterocycles. The van der Waals surface area contributed by atoms with Crippen LogP contribution in [0.5, 0.6) is 0 Å². The van der Waals surface area contributed by atoms with Gasteiger partial charge in [0.15, 0.2) is 0 Å². The molecule has 96 valence electrons. The quantitative estimate of drug-likeness (QED) is 0.860. The van der Waals surface area contributed by atoms with Crippen molar-refractivity contribution in [3.8, 4) is 0 Å². The number of benzene rings is 1. The van der Waals surface area contributed by atoms with Gasteiger partial charge in [-0.3, -0.25) is 0 Å². The fraction of sp³-hybridized carbons (Fsp3) is 0.500. The molecule has 3 rings (SSSR count). The standard InChI is InChI=1S/C14H17BrN2O/c15-11-5-6-13-14(9-11)17(10-16-13)7-8-18-12-3-1-2-4-12/h5-6,9-10,12H,1-4,7-8H2. The molecule has 0 unspecified atom stereocenters. The average molecular weight is 309 g/mol. The smallest absolute Gasteiger partial charge is 0.0959 e. The van der Waals surface area contributed by atoms with Gasteiger partial charge in [0.25, 0.3) is 0 Å². The summed E-state index contributed by atoms with van der Waals surface area (Å²) in [4.78, 5) is 4.40. The van der Waals surface area contributed by atoms with Crippen molar-refractivity contribution in [1.82, 2.24) is 9.55 Å². The Bertz CT molecular complexity index is 532. The zero-order valence-electron chi connectivity index (χ0n) is 10.3. The number of nitrogens with zero attached hydrogens (tertiary/aromatic N) is 2. The van der Waals surface area contributed by atoms with Crippen LogP contribution in [0, 0.1) is 0 Å². The molecule has 4 heteroatoms. The zero-order valence-corrected chi connectivity index (χ0v) is 11.9. The van der Waals surface area contributed by atoms with Gasteiger partial charge in [-0.1, -0.05) is 28.8 Å². The first-order chi connectivity index (χ1) is 8.83. The Morgan fingerprint density at radius 1 is 1.33 bits per heavy atom. The number of imidazole rings is 1. The van der Waals surface area contributed by atoms with Gasteiger partial charge >= 0.3 is 0 Å². The Balaban J connectivity index is 1.65. The van der Waals surface area contributed by atoms with Gasteiger partial charge in [0.1, 0.15) is 0 Å². The van der Waals surface area contributed by atoms with E-state index in [2.05, 4.69) is 31.5 Å². The maximum atomic E-state index is 5.90. The van der Waals surface area contributed by atoms with Crippen LogP contribution in [-0.2, 0) is 11.3 Å². The predicted molar refractivity (Wildman–Crippen MR) is 75.6 cm³/mol. The largest absolute Gasteiger partial charge is 0.376 e. The number of hydrogen-bond acceptors (Lipinski definition) is 2. The van der Waals surface area contributed by atoms with Gasteiger partial charge in [-0.2, -0.15) is 0 Å². The van der Waals surface area contributed by atoms with E-state index in [1.165, 1.54) is 31.2 Å². The van der Waals surface area contributed by atoms with Crippen molar-refractivity contribution in [1.29, 1.82) is 0 Å². The molecule has 2 aromatic rings. The summed E-state index contributed by atoms with van der Waals surface area (Å²) in [5.74, 6) is 0. The first-order valence-corrected chi connectivity index (χ1v) is 7.34. The predicted octanol–water partition coefficient (Wildman–Crippen LogP) is 3.76. The van der Waals surface area contributed by atoms with Crippen molar-refractivity contribution in [3.63, 3.8) is 0 Å². The highest BCUT2D eigenvalue weighted by Crippen LogP contribution is 2.21. The van der Waals surface area contributed by atoms with Crippen LogP contribution in [0.3, 0.4) is 0 Å². The monoisotopic (exact) mass is 308 g/mol. The molecule has 1 aromatic heterocycles. The molecule has 0 aliphatic heterocycles. The molecule has 1 aromatic carbocycles. The number of fused-ring (bicyclic) bond motifs is 1. The molecular formula is C14H17BrN2O. The van der Waals surface area contributed by atoms with Gasteiger partial charge in [0.05, 0.1) is 30.1 Å². The third-order valence-corrected chi connectivity index (χ3v) is 4.06. The van der Waals surface area contributed by atoms with Gasteiger partial charge < -0.3 is 9.30 Å². The van der Waals surface area contributed by atoms with E-state index < -0.39 is 0 Å². The van der Waals surface area contributed by atoms with E-state index in [9.17, 15) is 0 Å². The molecule has 0 saturated heterocycles. The highest BCUT2D eigenvalue weighted by atomic mass is 79.9. The Kier molecular flexibility index (Phi) is 3.66. The molecule has 0 amide bonds. The minimum atomic E-state index is 0.492. The molecule has 0 radical (unpaired) electrons. The second kappa shape index (κ2) is 5.41. The van der Waals surface area contributed by atoms with E-state index in [0.717, 1.165) is 23.1 Å². The fourth-order valence-electron chi connectivity index (χ4n) is 2.58. The second-order valence-electron chi connectivity index (χ2n) is 4.85. The van der Waals surface area contributed by atoms with Crippen molar-refractivity contribution >= 4 is 27.0 Å². The summed E-state index contributed by atoms with van der Waals surface area (Å²) in [6.07, 6.45) is 7.50. The molecule has 0 spiro atoms. The van der Waals surface area contributed by atoms with Crippen LogP contribution < -0.4 is 0 Å². The molecule has 3 nitrogen and oxygen atoms in total. The van der Waals surface area contributed by atoms with E-state index in [0.29, 0.717) is 6.10 Å². The molecule has 1 fully saturated rings. The summed E-state index contributed by atoms with van der Waals surface area (Å²) in [7, 11) is 0. The summed E-state index contributed by atoms with van der Waals surface area (Å²) >= 11 is 3.50. The Hall–Kier alpha value is -0.870. The van der Waals surface area contributed by atoms with E-state index >= 15 is 0 Å². The third-order valence-electron chi connectivity index (χ3n) is 3.57. The van der Waals surface area contributed by atoms with Crippen molar-refractivity contribution < 1.29 is 4.74 Å². The van der Waals surface area contributed by atoms with Gasteiger partial charge in [0, 0.05) is 11.0 Å². The highest BCUT2D eigenvalue weighted by molar-refractivity contribution is 9.10. The topological polar surface area (TPSA) is 27.1 Å². The van der Waals surface area contributed by atoms with E-state index in [1.807, 2.05) is 18.5 Å². The minimum Gasteiger partial charge on any atom is -0.376 e. The first-order valence-electron chi connectivity index (χ1n) is 6.55. The highest BCUT2D eigenvalue weighted by Gasteiger charge is 2.15. The Labute approximate surface area is 115 Å². The number of aromatic nitrogens is 2. The van der Waals surface area contributed by atoms with Gasteiger partial charge in [-0.05, 0) is 31.0 Å². The van der Waals surface area contributed by atoms with Crippen LogP contribution in [0.2, 0.25) is 0 Å². The lowest BCUT2D eigenvalue weighted by molar-refractivity contribution is 0.0534. The molecule has 0 atom stereocenters. The first kappa shape index (κ1) is 12.2. The number of ether oxygens (including phenoxy) is 1. The number of halogens is 1. The lowest BCUT2D eigenvalue weighted by Gasteiger charge is -2.11. The average Bonchev–Trinajstić information content (AvgIpc) is 2.99. The summed E-state index contributed by atoms with van der Waals surface area (Å²) in [5, 5.41) is 0. The van der Waals surface area contributed by atoms with Crippen LogP contribution in [0.1, 0.15) is 25.7 Å². The third kappa shape index (κ3) is 2.59. The normalized spacial score (nSPS) is 16.7. The summed E-state index contributed by atoms with van der Waals surface area (Å²) in [6, 6.07) is 6.17. The van der Waals surface area contributed by atoms with E-state index in [-0.39, 0.29) is 0 Å². The van der Waals surface area contributed by atoms with Crippen LogP contribution in [0.4, 0.5) is 0 Å². The van der Waals surface area contributed by atoms with Crippen LogP contribution in [0.15, 0.2) is 29.0 Å². The summed E-state index contributed by atoms with van der Waals surface area (Å²) in [5.41, 5.74) is 2.21. The summed E-state index contributed by atoms with van der Waals surface area (Å²) in [6.45, 7) is 1.66. The zero-order chi connectivity index (χ0) is 12.4. The molecule has 1 aliphatic rings. The second-order valence-corrected chi connectivity index (χ2v) is 5.76. The van der Waals surface area contributed by atoms with Crippen LogP contribution in [-0.4, -0.2) is 22.3 Å². The molecule has 0 N–H and O–H groups in total.